The summed E-state index contributed by atoms with van der Waals surface area (Å²) in [4.78, 5) is 4.50. The molecule has 1 aliphatic rings. The smallest absolute Gasteiger partial charge is 0.131 e. The van der Waals surface area contributed by atoms with Crippen molar-refractivity contribution in [3.63, 3.8) is 0 Å². The van der Waals surface area contributed by atoms with Gasteiger partial charge in [-0.1, -0.05) is 50.3 Å². The molecule has 1 N–H and O–H groups in total. The molecule has 0 saturated carbocycles. The highest BCUT2D eigenvalue weighted by atomic mass is 19.1. The summed E-state index contributed by atoms with van der Waals surface area (Å²) in [6.07, 6.45) is 8.36. The molecule has 3 nitrogen and oxygen atoms in total. The van der Waals surface area contributed by atoms with Crippen LogP contribution in [-0.4, -0.2) is 29.6 Å². The van der Waals surface area contributed by atoms with Crippen LogP contribution >= 0.6 is 0 Å². The van der Waals surface area contributed by atoms with Crippen molar-refractivity contribution in [2.75, 3.05) is 19.8 Å². The summed E-state index contributed by atoms with van der Waals surface area (Å²) in [5.41, 5.74) is 3.35. The van der Waals surface area contributed by atoms with Gasteiger partial charge >= 0.3 is 0 Å². The molecule has 0 fully saturated rings. The molecular weight excluding hydrogens is 344 g/mol. The van der Waals surface area contributed by atoms with Crippen molar-refractivity contribution < 1.29 is 8.78 Å². The second kappa shape index (κ2) is 10.1. The summed E-state index contributed by atoms with van der Waals surface area (Å²) in [6.45, 7) is 15.0. The van der Waals surface area contributed by atoms with Crippen LogP contribution in [0.25, 0.3) is 0 Å². The average molecular weight is 373 g/mol. The van der Waals surface area contributed by atoms with Crippen LogP contribution in [0.1, 0.15) is 32.3 Å². The molecule has 0 radical (unpaired) electrons. The largest absolute Gasteiger partial charge is 0.380 e. The highest BCUT2D eigenvalue weighted by Crippen LogP contribution is 2.27. The van der Waals surface area contributed by atoms with E-state index >= 15 is 0 Å². The topological polar surface area (TPSA) is 18.3 Å². The second-order valence-corrected chi connectivity index (χ2v) is 6.78. The third kappa shape index (κ3) is 6.68. The molecule has 2 rings (SSSR count). The van der Waals surface area contributed by atoms with E-state index < -0.39 is 11.6 Å². The molecule has 0 aromatic heterocycles. The highest BCUT2D eigenvalue weighted by molar-refractivity contribution is 5.37. The van der Waals surface area contributed by atoms with Crippen molar-refractivity contribution in [2.24, 2.45) is 0 Å². The van der Waals surface area contributed by atoms with Gasteiger partial charge in [0.25, 0.3) is 0 Å². The molecule has 0 atom stereocenters. The zero-order chi connectivity index (χ0) is 19.8. The zero-order valence-corrected chi connectivity index (χ0v) is 16.3. The van der Waals surface area contributed by atoms with E-state index in [0.717, 1.165) is 50.1 Å². The summed E-state index contributed by atoms with van der Waals surface area (Å²) >= 11 is 0. The number of nitrogens with one attached hydrogen (secondary N) is 1. The highest BCUT2D eigenvalue weighted by Gasteiger charge is 2.25. The van der Waals surface area contributed by atoms with Crippen molar-refractivity contribution in [2.45, 2.75) is 33.2 Å². The summed E-state index contributed by atoms with van der Waals surface area (Å²) in [7, 11) is 0. The SMILES string of the molecule is C=C/C(C)=C/CN(CCCC)CN1C=C1C(=C)NCc1ccc(F)cc1F. The Bertz CT molecular complexity index is 737. The van der Waals surface area contributed by atoms with E-state index in [1.165, 1.54) is 17.7 Å². The van der Waals surface area contributed by atoms with E-state index in [-0.39, 0.29) is 6.54 Å². The van der Waals surface area contributed by atoms with Gasteiger partial charge in [-0.05, 0) is 19.4 Å². The normalized spacial score (nSPS) is 13.6. The van der Waals surface area contributed by atoms with Crippen molar-refractivity contribution in [1.29, 1.82) is 0 Å². The van der Waals surface area contributed by atoms with E-state index in [2.05, 4.69) is 41.3 Å². The Morgan fingerprint density at radius 1 is 1.33 bits per heavy atom. The van der Waals surface area contributed by atoms with Gasteiger partial charge in [-0.15, -0.1) is 0 Å². The van der Waals surface area contributed by atoms with Crippen molar-refractivity contribution in [1.82, 2.24) is 15.1 Å². The Labute approximate surface area is 161 Å². The van der Waals surface area contributed by atoms with E-state index in [0.29, 0.717) is 5.56 Å². The van der Waals surface area contributed by atoms with E-state index in [9.17, 15) is 8.78 Å². The molecule has 146 valence electrons. The molecule has 1 aromatic carbocycles. The quantitative estimate of drug-likeness (QED) is 0.525. The van der Waals surface area contributed by atoms with Crippen molar-refractivity contribution >= 4 is 0 Å². The van der Waals surface area contributed by atoms with Gasteiger partial charge in [0.15, 0.2) is 0 Å². The predicted molar refractivity (Wildman–Crippen MR) is 108 cm³/mol. The third-order valence-corrected chi connectivity index (χ3v) is 4.51. The van der Waals surface area contributed by atoms with Crippen LogP contribution in [-0.2, 0) is 6.54 Å². The Morgan fingerprint density at radius 3 is 2.78 bits per heavy atom. The summed E-state index contributed by atoms with van der Waals surface area (Å²) in [5, 5.41) is 3.12. The predicted octanol–water partition coefficient (Wildman–Crippen LogP) is 4.92. The number of benzene rings is 1. The molecule has 0 bridgehead atoms. The average Bonchev–Trinajstić information content (AvgIpc) is 3.42. The molecule has 1 aromatic rings. The first-order chi connectivity index (χ1) is 12.9. The standard InChI is InChI=1S/C22H29F2N3/c1-5-7-11-26(12-10-17(3)6-2)16-27-15-22(27)18(4)25-14-19-8-9-20(23)13-21(19)24/h6,8-10,13,15,25H,2,4-5,7,11-12,14,16H2,1,3H3/b17-10+. The van der Waals surface area contributed by atoms with Gasteiger partial charge in [0, 0.05) is 37.5 Å². The number of hydrogen-bond donors (Lipinski definition) is 1. The number of nitrogens with zero attached hydrogens (tertiary/aromatic N) is 2. The number of unbranched alkanes of at least 4 members (excludes halogenated alkanes) is 1. The summed E-state index contributed by atoms with van der Waals surface area (Å²) in [6, 6.07) is 3.60. The van der Waals surface area contributed by atoms with Gasteiger partial charge < -0.3 is 10.2 Å². The molecule has 0 unspecified atom stereocenters. The Hall–Kier alpha value is -2.40. The summed E-state index contributed by atoms with van der Waals surface area (Å²) in [5.74, 6) is -1.12. The van der Waals surface area contributed by atoms with E-state index in [4.69, 9.17) is 0 Å². The fourth-order valence-corrected chi connectivity index (χ4v) is 2.62. The molecule has 5 heteroatoms. The number of halogens is 2. The van der Waals surface area contributed by atoms with E-state index in [1.807, 2.05) is 19.2 Å². The number of hydrogen-bond acceptors (Lipinski definition) is 3. The maximum atomic E-state index is 13.7. The van der Waals surface area contributed by atoms with Crippen LogP contribution in [0, 0.1) is 11.6 Å². The molecular formula is C22H29F2N3. The van der Waals surface area contributed by atoms with Crippen LogP contribution in [0.3, 0.4) is 0 Å². The lowest BCUT2D eigenvalue weighted by atomic mass is 10.2. The maximum absolute atomic E-state index is 13.7. The van der Waals surface area contributed by atoms with Crippen LogP contribution < -0.4 is 5.32 Å². The van der Waals surface area contributed by atoms with Crippen LogP contribution in [0.4, 0.5) is 8.78 Å². The Morgan fingerprint density at radius 2 is 2.11 bits per heavy atom. The lowest BCUT2D eigenvalue weighted by molar-refractivity contribution is 0.236. The first-order valence-corrected chi connectivity index (χ1v) is 9.31. The molecule has 0 spiro atoms. The number of allylic oxidation sites excluding steroid dienone is 2. The molecule has 27 heavy (non-hydrogen) atoms. The van der Waals surface area contributed by atoms with Gasteiger partial charge in [-0.3, -0.25) is 4.90 Å². The fraction of sp³-hybridized carbons (Fsp3) is 0.364. The van der Waals surface area contributed by atoms with Gasteiger partial charge in [-0.25, -0.2) is 8.78 Å². The van der Waals surface area contributed by atoms with Crippen LogP contribution in [0.15, 0.2) is 66.7 Å². The molecule has 1 heterocycles. The number of rotatable bonds is 12. The second-order valence-electron chi connectivity index (χ2n) is 6.78. The Kier molecular flexibility index (Phi) is 7.80. The van der Waals surface area contributed by atoms with Crippen LogP contribution in [0.5, 0.6) is 0 Å². The monoisotopic (exact) mass is 373 g/mol. The van der Waals surface area contributed by atoms with Gasteiger partial charge in [0.2, 0.25) is 0 Å². The van der Waals surface area contributed by atoms with Gasteiger partial charge in [0.05, 0.1) is 18.1 Å². The minimum absolute atomic E-state index is 0.275. The first-order valence-electron chi connectivity index (χ1n) is 9.31. The fourth-order valence-electron chi connectivity index (χ4n) is 2.62. The Balaban J connectivity index is 1.82. The molecule has 0 saturated heterocycles. The molecule has 0 aliphatic carbocycles. The lowest BCUT2D eigenvalue weighted by Crippen LogP contribution is -2.31. The van der Waals surface area contributed by atoms with Crippen molar-refractivity contribution in [3.8, 4) is 0 Å². The maximum Gasteiger partial charge on any atom is 0.131 e. The molecule has 1 aliphatic heterocycles. The van der Waals surface area contributed by atoms with Crippen LogP contribution in [0.2, 0.25) is 0 Å². The van der Waals surface area contributed by atoms with Crippen molar-refractivity contribution in [3.05, 3.63) is 83.9 Å². The minimum Gasteiger partial charge on any atom is -0.380 e. The van der Waals surface area contributed by atoms with Gasteiger partial charge in [-0.2, -0.15) is 0 Å². The van der Waals surface area contributed by atoms with E-state index in [1.54, 1.807) is 0 Å². The third-order valence-electron chi connectivity index (χ3n) is 4.51. The zero-order valence-electron chi connectivity index (χ0n) is 16.3. The molecule has 0 amide bonds. The first kappa shape index (κ1) is 20.9. The summed E-state index contributed by atoms with van der Waals surface area (Å²) < 4.78 is 26.7. The minimum atomic E-state index is -0.570. The van der Waals surface area contributed by atoms with Gasteiger partial charge in [0.1, 0.15) is 11.6 Å². The lowest BCUT2D eigenvalue weighted by Gasteiger charge is -2.23.